The lowest BCUT2D eigenvalue weighted by atomic mass is 10.3. The van der Waals surface area contributed by atoms with E-state index < -0.39 is 10.2 Å². The molecular formula is C8H20N2O2S2. The predicted molar refractivity (Wildman–Crippen MR) is 62.8 cm³/mol. The van der Waals surface area contributed by atoms with Crippen molar-refractivity contribution in [3.05, 3.63) is 0 Å². The molecule has 0 radical (unpaired) electrons. The SMILES string of the molecule is CSCC[C@@H](C)N(C)S(=O)(=O)N(C)C. The molecular weight excluding hydrogens is 220 g/mol. The first-order valence-electron chi connectivity index (χ1n) is 4.48. The lowest BCUT2D eigenvalue weighted by molar-refractivity contribution is 0.353. The molecule has 0 fully saturated rings. The summed E-state index contributed by atoms with van der Waals surface area (Å²) in [6, 6.07) is 0.0508. The second kappa shape index (κ2) is 5.95. The topological polar surface area (TPSA) is 40.6 Å². The molecule has 4 nitrogen and oxygen atoms in total. The molecule has 0 saturated heterocycles. The van der Waals surface area contributed by atoms with Gasteiger partial charge in [-0.15, -0.1) is 0 Å². The highest BCUT2D eigenvalue weighted by Crippen LogP contribution is 2.11. The summed E-state index contributed by atoms with van der Waals surface area (Å²) in [6.45, 7) is 1.93. The quantitative estimate of drug-likeness (QED) is 0.691. The molecule has 0 aliphatic carbocycles. The third-order valence-electron chi connectivity index (χ3n) is 2.19. The van der Waals surface area contributed by atoms with Gasteiger partial charge in [0, 0.05) is 27.2 Å². The Kier molecular flexibility index (Phi) is 6.04. The summed E-state index contributed by atoms with van der Waals surface area (Å²) in [6.07, 6.45) is 2.90. The van der Waals surface area contributed by atoms with Crippen LogP contribution in [0.15, 0.2) is 0 Å². The van der Waals surface area contributed by atoms with Gasteiger partial charge in [0.2, 0.25) is 0 Å². The van der Waals surface area contributed by atoms with Crippen molar-refractivity contribution in [2.24, 2.45) is 0 Å². The van der Waals surface area contributed by atoms with Crippen LogP contribution in [0.1, 0.15) is 13.3 Å². The minimum atomic E-state index is -3.25. The van der Waals surface area contributed by atoms with Gasteiger partial charge < -0.3 is 0 Å². The Morgan fingerprint density at radius 3 is 2.14 bits per heavy atom. The summed E-state index contributed by atoms with van der Waals surface area (Å²) in [5, 5.41) is 0. The van der Waals surface area contributed by atoms with Gasteiger partial charge in [0.25, 0.3) is 10.2 Å². The van der Waals surface area contributed by atoms with Crippen LogP contribution < -0.4 is 0 Å². The number of thioether (sulfide) groups is 1. The minimum Gasteiger partial charge on any atom is -0.195 e. The summed E-state index contributed by atoms with van der Waals surface area (Å²) < 4.78 is 26.0. The lowest BCUT2D eigenvalue weighted by Gasteiger charge is -2.26. The fourth-order valence-corrected chi connectivity index (χ4v) is 2.61. The van der Waals surface area contributed by atoms with Crippen LogP contribution in [0.4, 0.5) is 0 Å². The first-order chi connectivity index (χ1) is 6.34. The van der Waals surface area contributed by atoms with Gasteiger partial charge >= 0.3 is 0 Å². The maximum absolute atomic E-state index is 11.7. The number of rotatable bonds is 6. The maximum atomic E-state index is 11.7. The van der Waals surface area contributed by atoms with Crippen molar-refractivity contribution in [3.63, 3.8) is 0 Å². The second-order valence-corrected chi connectivity index (χ2v) is 6.62. The molecule has 0 heterocycles. The van der Waals surface area contributed by atoms with E-state index in [1.807, 2.05) is 13.2 Å². The molecule has 0 saturated carbocycles. The number of hydrogen-bond acceptors (Lipinski definition) is 3. The van der Waals surface area contributed by atoms with E-state index in [0.717, 1.165) is 12.2 Å². The zero-order valence-electron chi connectivity index (χ0n) is 9.52. The normalized spacial score (nSPS) is 15.1. The van der Waals surface area contributed by atoms with Crippen LogP contribution in [0.25, 0.3) is 0 Å². The highest BCUT2D eigenvalue weighted by atomic mass is 32.2. The van der Waals surface area contributed by atoms with Gasteiger partial charge in [0.05, 0.1) is 0 Å². The number of hydrogen-bond donors (Lipinski definition) is 0. The van der Waals surface area contributed by atoms with Gasteiger partial charge in [0.15, 0.2) is 0 Å². The van der Waals surface area contributed by atoms with E-state index in [0.29, 0.717) is 0 Å². The molecule has 0 aromatic carbocycles. The Morgan fingerprint density at radius 2 is 1.79 bits per heavy atom. The van der Waals surface area contributed by atoms with Gasteiger partial charge in [-0.25, -0.2) is 0 Å². The largest absolute Gasteiger partial charge is 0.281 e. The zero-order valence-corrected chi connectivity index (χ0v) is 11.2. The van der Waals surface area contributed by atoms with Gasteiger partial charge in [-0.2, -0.15) is 28.8 Å². The van der Waals surface area contributed by atoms with Crippen LogP contribution in [0.3, 0.4) is 0 Å². The van der Waals surface area contributed by atoms with Crippen molar-refractivity contribution in [3.8, 4) is 0 Å². The van der Waals surface area contributed by atoms with Gasteiger partial charge in [-0.3, -0.25) is 0 Å². The van der Waals surface area contributed by atoms with Crippen molar-refractivity contribution < 1.29 is 8.42 Å². The predicted octanol–water partition coefficient (Wildman–Crippen LogP) is 0.866. The van der Waals surface area contributed by atoms with Crippen molar-refractivity contribution >= 4 is 22.0 Å². The molecule has 0 bridgehead atoms. The van der Waals surface area contributed by atoms with E-state index in [9.17, 15) is 8.42 Å². The van der Waals surface area contributed by atoms with E-state index in [1.165, 1.54) is 8.61 Å². The van der Waals surface area contributed by atoms with Crippen molar-refractivity contribution in [2.75, 3.05) is 33.2 Å². The molecule has 6 heteroatoms. The van der Waals surface area contributed by atoms with Crippen LogP contribution in [0.2, 0.25) is 0 Å². The highest BCUT2D eigenvalue weighted by molar-refractivity contribution is 7.98. The number of nitrogens with zero attached hydrogens (tertiary/aromatic N) is 2. The molecule has 0 unspecified atom stereocenters. The standard InChI is InChI=1S/C8H20N2O2S2/c1-8(6-7-13-5)10(4)14(11,12)9(2)3/h8H,6-7H2,1-5H3/t8-/m1/s1. The molecule has 0 rings (SSSR count). The molecule has 0 aromatic heterocycles. The molecule has 0 amide bonds. The second-order valence-electron chi connectivity index (χ2n) is 3.44. The van der Waals surface area contributed by atoms with E-state index in [1.54, 1.807) is 32.9 Å². The Morgan fingerprint density at radius 1 is 1.29 bits per heavy atom. The molecule has 86 valence electrons. The fraction of sp³-hybridized carbons (Fsp3) is 1.00. The smallest absolute Gasteiger partial charge is 0.195 e. The monoisotopic (exact) mass is 240 g/mol. The molecule has 0 aliphatic rings. The Hall–Kier alpha value is 0.220. The summed E-state index contributed by atoms with van der Waals surface area (Å²) >= 11 is 1.73. The van der Waals surface area contributed by atoms with Crippen LogP contribution in [-0.2, 0) is 10.2 Å². The van der Waals surface area contributed by atoms with Crippen LogP contribution >= 0.6 is 11.8 Å². The summed E-state index contributed by atoms with van der Waals surface area (Å²) in [4.78, 5) is 0. The third kappa shape index (κ3) is 3.76. The molecule has 0 aliphatic heterocycles. The molecule has 0 aromatic rings. The van der Waals surface area contributed by atoms with Crippen LogP contribution in [0, 0.1) is 0 Å². The fourth-order valence-electron chi connectivity index (χ4n) is 0.955. The Bertz CT molecular complexity index is 252. The summed E-state index contributed by atoms with van der Waals surface area (Å²) in [5.41, 5.74) is 0. The first-order valence-corrected chi connectivity index (χ1v) is 7.27. The van der Waals surface area contributed by atoms with Crippen molar-refractivity contribution in [1.82, 2.24) is 8.61 Å². The minimum absolute atomic E-state index is 0.0508. The van der Waals surface area contributed by atoms with Crippen molar-refractivity contribution in [1.29, 1.82) is 0 Å². The average molecular weight is 240 g/mol. The van der Waals surface area contributed by atoms with E-state index in [-0.39, 0.29) is 6.04 Å². The summed E-state index contributed by atoms with van der Waals surface area (Å²) in [7, 11) is 1.47. The molecule has 14 heavy (non-hydrogen) atoms. The third-order valence-corrected chi connectivity index (χ3v) is 4.84. The van der Waals surface area contributed by atoms with E-state index in [2.05, 4.69) is 0 Å². The molecule has 0 N–H and O–H groups in total. The van der Waals surface area contributed by atoms with E-state index >= 15 is 0 Å². The maximum Gasteiger partial charge on any atom is 0.281 e. The van der Waals surface area contributed by atoms with Crippen LogP contribution in [0.5, 0.6) is 0 Å². The van der Waals surface area contributed by atoms with Gasteiger partial charge in [-0.05, 0) is 25.4 Å². The van der Waals surface area contributed by atoms with Gasteiger partial charge in [0.1, 0.15) is 0 Å². The summed E-state index contributed by atoms with van der Waals surface area (Å²) in [5.74, 6) is 0.981. The molecule has 0 spiro atoms. The molecule has 1 atom stereocenters. The van der Waals surface area contributed by atoms with Crippen LogP contribution in [-0.4, -0.2) is 56.2 Å². The van der Waals surface area contributed by atoms with E-state index in [4.69, 9.17) is 0 Å². The van der Waals surface area contributed by atoms with Crippen molar-refractivity contribution in [2.45, 2.75) is 19.4 Å². The Labute approximate surface area is 91.8 Å². The lowest BCUT2D eigenvalue weighted by Crippen LogP contribution is -2.42. The first kappa shape index (κ1) is 14.2. The average Bonchev–Trinajstić information content (AvgIpc) is 2.12. The zero-order chi connectivity index (χ0) is 11.4. The Balaban J connectivity index is 4.38. The van der Waals surface area contributed by atoms with Gasteiger partial charge in [-0.1, -0.05) is 0 Å². The highest BCUT2D eigenvalue weighted by Gasteiger charge is 2.24.